The highest BCUT2D eigenvalue weighted by Gasteiger charge is 2.57. The Bertz CT molecular complexity index is 862. The van der Waals surface area contributed by atoms with Gasteiger partial charge in [0.15, 0.2) is 25.0 Å². The molecule has 1 aromatic heterocycles. The average molecular weight is 440 g/mol. The van der Waals surface area contributed by atoms with E-state index in [0.29, 0.717) is 19.6 Å². The van der Waals surface area contributed by atoms with Crippen molar-refractivity contribution >= 4 is 0 Å². The number of halogens is 1. The van der Waals surface area contributed by atoms with Gasteiger partial charge in [-0.05, 0) is 38.5 Å². The summed E-state index contributed by atoms with van der Waals surface area (Å²) >= 11 is 0. The molecule has 0 saturated carbocycles. The molecule has 31 heavy (non-hydrogen) atoms. The summed E-state index contributed by atoms with van der Waals surface area (Å²) < 4.78 is 46.0. The first kappa shape index (κ1) is 22.3. The second-order valence-corrected chi connectivity index (χ2v) is 8.09. The Labute approximate surface area is 179 Å². The number of hydrogen-bond acceptors (Lipinski definition) is 7. The summed E-state index contributed by atoms with van der Waals surface area (Å²) in [6, 6.07) is 1.14. The molecule has 3 saturated heterocycles. The minimum atomic E-state index is -1.73. The van der Waals surface area contributed by atoms with Crippen LogP contribution in [0.4, 0.5) is 4.39 Å². The topological polar surface area (TPSA) is 101 Å². The summed E-state index contributed by atoms with van der Waals surface area (Å²) in [6.07, 6.45) is 2.60. The van der Waals surface area contributed by atoms with Crippen LogP contribution < -0.4 is 11.2 Å². The summed E-state index contributed by atoms with van der Waals surface area (Å²) in [5, 5.41) is 0. The summed E-state index contributed by atoms with van der Waals surface area (Å²) in [6.45, 7) is 4.91. The van der Waals surface area contributed by atoms with Gasteiger partial charge < -0.3 is 23.7 Å². The van der Waals surface area contributed by atoms with Crippen LogP contribution in [-0.4, -0.2) is 59.8 Å². The molecular formula is C21H29FN2O7. The summed E-state index contributed by atoms with van der Waals surface area (Å²) in [7, 11) is 0. The Morgan fingerprint density at radius 3 is 2.52 bits per heavy atom. The van der Waals surface area contributed by atoms with Crippen molar-refractivity contribution in [2.24, 2.45) is 0 Å². The van der Waals surface area contributed by atoms with Gasteiger partial charge in [-0.25, -0.2) is 9.18 Å². The normalized spacial score (nSPS) is 36.4. The average Bonchev–Trinajstić information content (AvgIpc) is 3.06. The van der Waals surface area contributed by atoms with Gasteiger partial charge in [0.2, 0.25) is 0 Å². The minimum absolute atomic E-state index is 0.0619. The molecule has 2 unspecified atom stereocenters. The fraction of sp³-hybridized carbons (Fsp3) is 0.714. The standard InChI is InChI=1S/C21H29FN2O7/c1-2-21(13-29-15-7-3-5-11-27-15)18(30-16-8-4-6-12-28-16)17(22)19(31-21)24-10-9-14(25)23-20(24)26/h2,9-10,15-19H,1,3-8,11-13H2,(H,23,25,26)/t15?,16?,17-,18-,19+,21+/m0/s1. The number of nitrogens with zero attached hydrogens (tertiary/aromatic N) is 1. The van der Waals surface area contributed by atoms with Crippen molar-refractivity contribution in [3.05, 3.63) is 45.8 Å². The Kier molecular flexibility index (Phi) is 7.02. The van der Waals surface area contributed by atoms with Crippen molar-refractivity contribution in [3.8, 4) is 0 Å². The van der Waals surface area contributed by atoms with E-state index in [4.69, 9.17) is 23.7 Å². The van der Waals surface area contributed by atoms with Crippen LogP contribution in [0.3, 0.4) is 0 Å². The van der Waals surface area contributed by atoms with Gasteiger partial charge in [0, 0.05) is 25.5 Å². The van der Waals surface area contributed by atoms with E-state index in [-0.39, 0.29) is 6.61 Å². The number of aromatic nitrogens is 2. The Morgan fingerprint density at radius 1 is 1.19 bits per heavy atom. The van der Waals surface area contributed by atoms with E-state index in [0.717, 1.165) is 42.7 Å². The van der Waals surface area contributed by atoms with Crippen LogP contribution in [0.25, 0.3) is 0 Å². The molecule has 0 amide bonds. The molecule has 0 bridgehead atoms. The summed E-state index contributed by atoms with van der Waals surface area (Å²) in [4.78, 5) is 25.8. The number of H-pyrrole nitrogens is 1. The Balaban J connectivity index is 1.60. The molecule has 0 aliphatic carbocycles. The van der Waals surface area contributed by atoms with Gasteiger partial charge >= 0.3 is 5.69 Å². The lowest BCUT2D eigenvalue weighted by Crippen LogP contribution is -2.49. The van der Waals surface area contributed by atoms with E-state index >= 15 is 4.39 Å². The highest BCUT2D eigenvalue weighted by molar-refractivity contribution is 5.12. The zero-order valence-corrected chi connectivity index (χ0v) is 17.4. The maximum Gasteiger partial charge on any atom is 0.330 e. The zero-order chi connectivity index (χ0) is 21.8. The van der Waals surface area contributed by atoms with Crippen LogP contribution in [0.15, 0.2) is 34.5 Å². The number of aromatic amines is 1. The molecule has 3 aliphatic heterocycles. The van der Waals surface area contributed by atoms with Crippen molar-refractivity contribution in [1.82, 2.24) is 9.55 Å². The molecule has 9 nitrogen and oxygen atoms in total. The van der Waals surface area contributed by atoms with Gasteiger partial charge in [-0.2, -0.15) is 0 Å². The largest absolute Gasteiger partial charge is 0.353 e. The van der Waals surface area contributed by atoms with Gasteiger partial charge in [0.05, 0.1) is 6.61 Å². The molecule has 3 aliphatic rings. The summed E-state index contributed by atoms with van der Waals surface area (Å²) in [5.41, 5.74) is -2.73. The zero-order valence-electron chi connectivity index (χ0n) is 17.4. The second-order valence-electron chi connectivity index (χ2n) is 8.09. The van der Waals surface area contributed by atoms with E-state index in [9.17, 15) is 9.59 Å². The molecule has 1 N–H and O–H groups in total. The molecule has 4 heterocycles. The van der Waals surface area contributed by atoms with Crippen LogP contribution >= 0.6 is 0 Å². The van der Waals surface area contributed by atoms with Crippen LogP contribution in [0.5, 0.6) is 0 Å². The van der Waals surface area contributed by atoms with Crippen molar-refractivity contribution in [2.75, 3.05) is 19.8 Å². The molecule has 6 atom stereocenters. The van der Waals surface area contributed by atoms with Crippen LogP contribution in [0.2, 0.25) is 0 Å². The Hall–Kier alpha value is -1.85. The molecule has 4 rings (SSSR count). The van der Waals surface area contributed by atoms with E-state index in [2.05, 4.69) is 11.6 Å². The molecule has 172 valence electrons. The predicted octanol–water partition coefficient (Wildman–Crippen LogP) is 1.78. The number of ether oxygens (including phenoxy) is 5. The molecular weight excluding hydrogens is 411 g/mol. The van der Waals surface area contributed by atoms with Crippen molar-refractivity contribution < 1.29 is 28.1 Å². The van der Waals surface area contributed by atoms with Crippen molar-refractivity contribution in [1.29, 1.82) is 0 Å². The SMILES string of the molecule is C=C[C@]1(COC2CCCCO2)O[C@@H](n2ccc(=O)[nH]c2=O)[C@@H](F)[C@@H]1OC1CCCCO1. The van der Waals surface area contributed by atoms with Crippen molar-refractivity contribution in [3.63, 3.8) is 0 Å². The third-order valence-corrected chi connectivity index (χ3v) is 5.92. The first-order valence-corrected chi connectivity index (χ1v) is 10.8. The lowest BCUT2D eigenvalue weighted by molar-refractivity contribution is -0.237. The molecule has 0 spiro atoms. The fourth-order valence-electron chi connectivity index (χ4n) is 4.19. The maximum atomic E-state index is 15.7. The summed E-state index contributed by atoms with van der Waals surface area (Å²) in [5.74, 6) is 0. The minimum Gasteiger partial charge on any atom is -0.353 e. The lowest BCUT2D eigenvalue weighted by Gasteiger charge is -2.35. The quantitative estimate of drug-likeness (QED) is 0.645. The van der Waals surface area contributed by atoms with Crippen molar-refractivity contribution in [2.45, 2.75) is 75.2 Å². The molecule has 1 aromatic rings. The molecule has 3 fully saturated rings. The fourth-order valence-corrected chi connectivity index (χ4v) is 4.19. The second kappa shape index (κ2) is 9.74. The number of rotatable bonds is 7. The highest BCUT2D eigenvalue weighted by atomic mass is 19.1. The van der Waals surface area contributed by atoms with E-state index in [1.54, 1.807) is 0 Å². The number of nitrogens with one attached hydrogen (secondary N) is 1. The molecule has 10 heteroatoms. The molecule has 0 radical (unpaired) electrons. The Morgan fingerprint density at radius 2 is 1.90 bits per heavy atom. The first-order valence-electron chi connectivity index (χ1n) is 10.8. The van der Waals surface area contributed by atoms with E-state index in [1.807, 2.05) is 0 Å². The van der Waals surface area contributed by atoms with Crippen LogP contribution in [-0.2, 0) is 23.7 Å². The van der Waals surface area contributed by atoms with Gasteiger partial charge in [-0.1, -0.05) is 6.08 Å². The van der Waals surface area contributed by atoms with Gasteiger partial charge in [-0.3, -0.25) is 14.3 Å². The van der Waals surface area contributed by atoms with Gasteiger partial charge in [0.25, 0.3) is 5.56 Å². The number of alkyl halides is 1. The number of hydrogen-bond donors (Lipinski definition) is 1. The third kappa shape index (κ3) is 4.83. The van der Waals surface area contributed by atoms with E-state index in [1.165, 1.54) is 12.3 Å². The maximum absolute atomic E-state index is 15.7. The van der Waals surface area contributed by atoms with E-state index < -0.39 is 47.9 Å². The van der Waals surface area contributed by atoms with Crippen LogP contribution in [0, 0.1) is 0 Å². The smallest absolute Gasteiger partial charge is 0.330 e. The van der Waals surface area contributed by atoms with Gasteiger partial charge in [-0.15, -0.1) is 6.58 Å². The monoisotopic (exact) mass is 440 g/mol. The third-order valence-electron chi connectivity index (χ3n) is 5.92. The lowest BCUT2D eigenvalue weighted by atomic mass is 9.96. The molecule has 0 aromatic carbocycles. The van der Waals surface area contributed by atoms with Crippen LogP contribution in [0.1, 0.15) is 44.8 Å². The highest BCUT2D eigenvalue weighted by Crippen LogP contribution is 2.43. The first-order chi connectivity index (χ1) is 15.0. The van der Waals surface area contributed by atoms with Gasteiger partial charge in [0.1, 0.15) is 11.7 Å². The predicted molar refractivity (Wildman–Crippen MR) is 107 cm³/mol.